The van der Waals surface area contributed by atoms with E-state index < -0.39 is 0 Å². The fraction of sp³-hybridized carbons (Fsp3) is 0.375. The Hall–Kier alpha value is -1.39. The first kappa shape index (κ1) is 16.0. The van der Waals surface area contributed by atoms with Gasteiger partial charge in [-0.25, -0.2) is 4.98 Å². The molecule has 0 bridgehead atoms. The molecule has 0 spiro atoms. The molecule has 0 N–H and O–H groups in total. The summed E-state index contributed by atoms with van der Waals surface area (Å²) in [6, 6.07) is 7.57. The Morgan fingerprint density at radius 2 is 2.10 bits per heavy atom. The number of hydrogen-bond acceptors (Lipinski definition) is 3. The highest BCUT2D eigenvalue weighted by atomic mass is 35.5. The summed E-state index contributed by atoms with van der Waals surface area (Å²) in [5.41, 5.74) is 1.64. The molecular formula is C16H19ClN2OS. The molecule has 1 amide bonds. The molecule has 0 saturated heterocycles. The van der Waals surface area contributed by atoms with E-state index in [0.29, 0.717) is 9.90 Å². The van der Waals surface area contributed by atoms with Crippen LogP contribution in [0.4, 0.5) is 0 Å². The van der Waals surface area contributed by atoms with Gasteiger partial charge < -0.3 is 4.90 Å². The molecule has 2 aromatic rings. The number of unbranched alkanes of at least 4 members (excludes halogenated alkanes) is 1. The third-order valence-electron chi connectivity index (χ3n) is 3.29. The van der Waals surface area contributed by atoms with Crippen LogP contribution in [0.5, 0.6) is 0 Å². The van der Waals surface area contributed by atoms with E-state index >= 15 is 0 Å². The molecule has 0 atom stereocenters. The molecule has 0 fully saturated rings. The van der Waals surface area contributed by atoms with Crippen LogP contribution in [0.2, 0.25) is 5.02 Å². The van der Waals surface area contributed by atoms with Gasteiger partial charge in [0.05, 0.1) is 10.7 Å². The maximum atomic E-state index is 12.5. The fourth-order valence-corrected chi connectivity index (χ4v) is 3.40. The summed E-state index contributed by atoms with van der Waals surface area (Å²) in [6.07, 6.45) is 2.08. The molecule has 2 rings (SSSR count). The number of aryl methyl sites for hydroxylation is 1. The molecule has 1 aromatic heterocycles. The number of benzene rings is 1. The summed E-state index contributed by atoms with van der Waals surface area (Å²) in [4.78, 5) is 19.4. The number of thiazole rings is 1. The molecule has 0 radical (unpaired) electrons. The van der Waals surface area contributed by atoms with Gasteiger partial charge in [0.2, 0.25) is 0 Å². The van der Waals surface area contributed by atoms with E-state index in [9.17, 15) is 4.79 Å². The van der Waals surface area contributed by atoms with Crippen LogP contribution in [0.3, 0.4) is 0 Å². The van der Waals surface area contributed by atoms with Crippen molar-refractivity contribution in [1.29, 1.82) is 0 Å². The van der Waals surface area contributed by atoms with E-state index in [1.165, 1.54) is 11.3 Å². The van der Waals surface area contributed by atoms with Gasteiger partial charge >= 0.3 is 0 Å². The van der Waals surface area contributed by atoms with Crippen molar-refractivity contribution < 1.29 is 4.79 Å². The van der Waals surface area contributed by atoms with Crippen LogP contribution in [-0.2, 0) is 0 Å². The average molecular weight is 323 g/mol. The first-order chi connectivity index (χ1) is 10.0. The van der Waals surface area contributed by atoms with Gasteiger partial charge in [-0.2, -0.15) is 0 Å². The van der Waals surface area contributed by atoms with Crippen molar-refractivity contribution in [3.8, 4) is 10.6 Å². The van der Waals surface area contributed by atoms with Crippen LogP contribution in [0, 0.1) is 6.92 Å². The van der Waals surface area contributed by atoms with Gasteiger partial charge in [0.25, 0.3) is 5.91 Å². The monoisotopic (exact) mass is 322 g/mol. The van der Waals surface area contributed by atoms with Crippen LogP contribution in [0.25, 0.3) is 10.6 Å². The Balaban J connectivity index is 2.27. The van der Waals surface area contributed by atoms with Crippen LogP contribution in [0.15, 0.2) is 24.3 Å². The molecule has 0 unspecified atom stereocenters. The second-order valence-electron chi connectivity index (χ2n) is 4.99. The SMILES string of the molecule is CCCCN(C)C(=O)c1sc(-c2ccccc2Cl)nc1C. The third-order valence-corrected chi connectivity index (χ3v) is 4.80. The molecular weight excluding hydrogens is 304 g/mol. The molecule has 112 valence electrons. The number of hydrogen-bond donors (Lipinski definition) is 0. The predicted molar refractivity (Wildman–Crippen MR) is 89.2 cm³/mol. The molecule has 0 aliphatic heterocycles. The van der Waals surface area contributed by atoms with E-state index in [-0.39, 0.29) is 5.91 Å². The second kappa shape index (κ2) is 7.05. The quantitative estimate of drug-likeness (QED) is 0.803. The Labute approximate surface area is 134 Å². The molecule has 1 heterocycles. The van der Waals surface area contributed by atoms with Crippen molar-refractivity contribution in [2.75, 3.05) is 13.6 Å². The van der Waals surface area contributed by atoms with E-state index in [4.69, 9.17) is 11.6 Å². The highest BCUT2D eigenvalue weighted by Gasteiger charge is 2.20. The normalized spacial score (nSPS) is 10.7. The Morgan fingerprint density at radius 3 is 2.76 bits per heavy atom. The van der Waals surface area contributed by atoms with Gasteiger partial charge in [-0.3, -0.25) is 4.79 Å². The third kappa shape index (κ3) is 3.63. The van der Waals surface area contributed by atoms with Crippen LogP contribution in [0.1, 0.15) is 35.1 Å². The van der Waals surface area contributed by atoms with Gasteiger partial charge in [-0.05, 0) is 19.4 Å². The van der Waals surface area contributed by atoms with Gasteiger partial charge in [-0.1, -0.05) is 43.1 Å². The van der Waals surface area contributed by atoms with E-state index in [1.54, 1.807) is 4.90 Å². The lowest BCUT2D eigenvalue weighted by Gasteiger charge is -2.15. The van der Waals surface area contributed by atoms with Crippen molar-refractivity contribution >= 4 is 28.8 Å². The molecule has 0 saturated carbocycles. The first-order valence-electron chi connectivity index (χ1n) is 7.02. The zero-order chi connectivity index (χ0) is 15.4. The lowest BCUT2D eigenvalue weighted by molar-refractivity contribution is 0.0797. The molecule has 21 heavy (non-hydrogen) atoms. The minimum Gasteiger partial charge on any atom is -0.341 e. The smallest absolute Gasteiger partial charge is 0.265 e. The van der Waals surface area contributed by atoms with Crippen molar-refractivity contribution in [3.05, 3.63) is 39.9 Å². The van der Waals surface area contributed by atoms with Gasteiger partial charge in [0, 0.05) is 19.2 Å². The number of rotatable bonds is 5. The highest BCUT2D eigenvalue weighted by Crippen LogP contribution is 2.33. The molecule has 1 aromatic carbocycles. The number of nitrogens with zero attached hydrogens (tertiary/aromatic N) is 2. The molecule has 5 heteroatoms. The zero-order valence-corrected chi connectivity index (χ0v) is 14.1. The summed E-state index contributed by atoms with van der Waals surface area (Å²) in [5, 5.41) is 1.45. The number of aromatic nitrogens is 1. The maximum absolute atomic E-state index is 12.5. The van der Waals surface area contributed by atoms with E-state index in [0.717, 1.165) is 35.7 Å². The minimum absolute atomic E-state index is 0.0387. The standard InChI is InChI=1S/C16H19ClN2OS/c1-4-5-10-19(3)16(20)14-11(2)18-15(21-14)12-8-6-7-9-13(12)17/h6-9H,4-5,10H2,1-3H3. The first-order valence-corrected chi connectivity index (χ1v) is 8.21. The van der Waals surface area contributed by atoms with Gasteiger partial charge in [0.15, 0.2) is 0 Å². The largest absolute Gasteiger partial charge is 0.341 e. The summed E-state index contributed by atoms with van der Waals surface area (Å²) >= 11 is 7.61. The fourth-order valence-electron chi connectivity index (χ4n) is 2.01. The summed E-state index contributed by atoms with van der Waals surface area (Å²) in [5.74, 6) is 0.0387. The lowest BCUT2D eigenvalue weighted by Crippen LogP contribution is -2.27. The maximum Gasteiger partial charge on any atom is 0.265 e. The highest BCUT2D eigenvalue weighted by molar-refractivity contribution is 7.17. The summed E-state index contributed by atoms with van der Waals surface area (Å²) in [7, 11) is 1.84. The van der Waals surface area contributed by atoms with Crippen molar-refractivity contribution in [3.63, 3.8) is 0 Å². The predicted octanol–water partition coefficient (Wildman–Crippen LogP) is 4.64. The lowest BCUT2D eigenvalue weighted by atomic mass is 10.2. The second-order valence-corrected chi connectivity index (χ2v) is 6.40. The zero-order valence-electron chi connectivity index (χ0n) is 12.5. The molecule has 0 aliphatic carbocycles. The van der Waals surface area contributed by atoms with E-state index in [1.807, 2.05) is 38.2 Å². The number of amides is 1. The van der Waals surface area contributed by atoms with Crippen LogP contribution in [-0.4, -0.2) is 29.4 Å². The van der Waals surface area contributed by atoms with E-state index in [2.05, 4.69) is 11.9 Å². The summed E-state index contributed by atoms with van der Waals surface area (Å²) < 4.78 is 0. The molecule has 0 aliphatic rings. The average Bonchev–Trinajstić information content (AvgIpc) is 2.86. The Bertz CT molecular complexity index is 639. The Kier molecular flexibility index (Phi) is 5.37. The number of carbonyl (C=O) groups is 1. The van der Waals surface area contributed by atoms with Crippen molar-refractivity contribution in [1.82, 2.24) is 9.88 Å². The summed E-state index contributed by atoms with van der Waals surface area (Å²) in [6.45, 7) is 4.76. The van der Waals surface area contributed by atoms with Gasteiger partial charge in [0.1, 0.15) is 9.88 Å². The van der Waals surface area contributed by atoms with Crippen LogP contribution >= 0.6 is 22.9 Å². The molecule has 3 nitrogen and oxygen atoms in total. The van der Waals surface area contributed by atoms with Crippen molar-refractivity contribution in [2.45, 2.75) is 26.7 Å². The topological polar surface area (TPSA) is 33.2 Å². The number of carbonyl (C=O) groups excluding carboxylic acids is 1. The van der Waals surface area contributed by atoms with Gasteiger partial charge in [-0.15, -0.1) is 11.3 Å². The number of halogens is 1. The van der Waals surface area contributed by atoms with Crippen molar-refractivity contribution in [2.24, 2.45) is 0 Å². The Morgan fingerprint density at radius 1 is 1.38 bits per heavy atom. The minimum atomic E-state index is 0.0387. The van der Waals surface area contributed by atoms with Crippen LogP contribution < -0.4 is 0 Å².